The molecule has 1 fully saturated rings. The zero-order chi connectivity index (χ0) is 13.4. The van der Waals surface area contributed by atoms with Crippen LogP contribution in [-0.2, 0) is 4.74 Å². The molecule has 4 unspecified atom stereocenters. The van der Waals surface area contributed by atoms with Gasteiger partial charge in [0, 0.05) is 0 Å². The van der Waals surface area contributed by atoms with Gasteiger partial charge in [-0.2, -0.15) is 0 Å². The van der Waals surface area contributed by atoms with E-state index in [1.807, 2.05) is 0 Å². The Balaban J connectivity index is 2.36. The van der Waals surface area contributed by atoms with Crippen molar-refractivity contribution in [1.29, 1.82) is 0 Å². The number of amides is 1. The number of primary amides is 1. The van der Waals surface area contributed by atoms with Crippen LogP contribution in [0.2, 0.25) is 0 Å². The number of aromatic nitrogens is 2. The molecule has 4 atom stereocenters. The molecule has 2 rings (SSSR count). The van der Waals surface area contributed by atoms with Crippen LogP contribution in [0.3, 0.4) is 0 Å². The fourth-order valence-corrected chi connectivity index (χ4v) is 1.93. The lowest BCUT2D eigenvalue weighted by Crippen LogP contribution is -2.33. The van der Waals surface area contributed by atoms with Gasteiger partial charge in [0.05, 0.1) is 12.9 Å². The largest absolute Gasteiger partial charge is 0.394 e. The molecule has 0 aliphatic carbocycles. The number of nitrogens with two attached hydrogens (primary N) is 2. The third-order valence-electron chi connectivity index (χ3n) is 2.85. The monoisotopic (exact) mass is 258 g/mol. The fourth-order valence-electron chi connectivity index (χ4n) is 1.93. The Kier molecular flexibility index (Phi) is 3.22. The van der Waals surface area contributed by atoms with Crippen molar-refractivity contribution in [1.82, 2.24) is 9.55 Å². The summed E-state index contributed by atoms with van der Waals surface area (Å²) in [5.41, 5.74) is 10.5. The predicted molar refractivity (Wildman–Crippen MR) is 58.2 cm³/mol. The molecule has 0 spiro atoms. The quantitative estimate of drug-likeness (QED) is 0.391. The van der Waals surface area contributed by atoms with Crippen molar-refractivity contribution in [3.8, 4) is 0 Å². The highest BCUT2D eigenvalue weighted by Gasteiger charge is 2.44. The lowest BCUT2D eigenvalue weighted by Gasteiger charge is -2.17. The highest BCUT2D eigenvalue weighted by atomic mass is 16.6. The molecule has 1 aromatic heterocycles. The number of hydrogen-bond donors (Lipinski definition) is 5. The number of aliphatic hydroxyl groups is 3. The molecule has 0 radical (unpaired) electrons. The van der Waals surface area contributed by atoms with Gasteiger partial charge in [-0.25, -0.2) is 4.98 Å². The summed E-state index contributed by atoms with van der Waals surface area (Å²) >= 11 is 0. The molecule has 1 aromatic rings. The molecule has 1 aliphatic heterocycles. The Morgan fingerprint density at radius 2 is 2.17 bits per heavy atom. The molecule has 9 heteroatoms. The second kappa shape index (κ2) is 4.53. The average Bonchev–Trinajstić information content (AvgIpc) is 2.82. The van der Waals surface area contributed by atoms with Gasteiger partial charge in [0.2, 0.25) is 0 Å². The van der Waals surface area contributed by atoms with E-state index in [1.54, 1.807) is 0 Å². The molecule has 1 saturated heterocycles. The van der Waals surface area contributed by atoms with Gasteiger partial charge in [-0.05, 0) is 0 Å². The fraction of sp³-hybridized carbons (Fsp3) is 0.556. The van der Waals surface area contributed by atoms with Crippen LogP contribution in [0.15, 0.2) is 6.33 Å². The average molecular weight is 258 g/mol. The SMILES string of the molecule is NC(=O)c1c(N)ncn1C1OC(CO)C(O)C1O. The molecule has 0 saturated carbocycles. The Labute approximate surface area is 102 Å². The number of carbonyl (C=O) groups is 1. The van der Waals surface area contributed by atoms with Gasteiger partial charge in [0.15, 0.2) is 17.7 Å². The lowest BCUT2D eigenvalue weighted by molar-refractivity contribution is -0.0534. The number of rotatable bonds is 3. The number of nitrogens with zero attached hydrogens (tertiary/aromatic N) is 2. The van der Waals surface area contributed by atoms with Crippen LogP contribution in [0.5, 0.6) is 0 Å². The molecule has 100 valence electrons. The van der Waals surface area contributed by atoms with E-state index in [0.717, 1.165) is 4.57 Å². The molecule has 9 nitrogen and oxygen atoms in total. The predicted octanol–water partition coefficient (Wildman–Crippen LogP) is -2.82. The summed E-state index contributed by atoms with van der Waals surface area (Å²) in [6.45, 7) is -0.467. The van der Waals surface area contributed by atoms with Crippen molar-refractivity contribution in [3.05, 3.63) is 12.0 Å². The van der Waals surface area contributed by atoms with Crippen molar-refractivity contribution >= 4 is 11.7 Å². The first-order chi connectivity index (χ1) is 8.47. The van der Waals surface area contributed by atoms with Crippen molar-refractivity contribution in [2.75, 3.05) is 12.3 Å². The molecule has 18 heavy (non-hydrogen) atoms. The molecule has 1 amide bonds. The van der Waals surface area contributed by atoms with Crippen LogP contribution in [0.1, 0.15) is 16.7 Å². The molecular formula is C9H14N4O5. The minimum atomic E-state index is -1.33. The number of imidazole rings is 1. The molecule has 7 N–H and O–H groups in total. The van der Waals surface area contributed by atoms with Crippen LogP contribution in [0.25, 0.3) is 0 Å². The van der Waals surface area contributed by atoms with Crippen LogP contribution in [0, 0.1) is 0 Å². The second-order valence-electron chi connectivity index (χ2n) is 3.98. The van der Waals surface area contributed by atoms with E-state index >= 15 is 0 Å². The maximum Gasteiger partial charge on any atom is 0.269 e. The summed E-state index contributed by atoms with van der Waals surface area (Å²) in [5.74, 6) is -0.928. The number of ether oxygens (including phenoxy) is 1. The maximum absolute atomic E-state index is 11.2. The number of carbonyl (C=O) groups excluding carboxylic acids is 1. The first-order valence-corrected chi connectivity index (χ1v) is 5.22. The second-order valence-corrected chi connectivity index (χ2v) is 3.98. The minimum Gasteiger partial charge on any atom is -0.394 e. The first kappa shape index (κ1) is 12.8. The zero-order valence-electron chi connectivity index (χ0n) is 9.30. The third-order valence-corrected chi connectivity index (χ3v) is 2.85. The normalized spacial score (nSPS) is 31.7. The Hall–Kier alpha value is -1.68. The third kappa shape index (κ3) is 1.82. The van der Waals surface area contributed by atoms with E-state index in [9.17, 15) is 15.0 Å². The van der Waals surface area contributed by atoms with Crippen molar-refractivity contribution < 1.29 is 24.9 Å². The van der Waals surface area contributed by atoms with Crippen LogP contribution < -0.4 is 11.5 Å². The van der Waals surface area contributed by atoms with Crippen LogP contribution in [0.4, 0.5) is 5.82 Å². The van der Waals surface area contributed by atoms with E-state index in [1.165, 1.54) is 6.33 Å². The van der Waals surface area contributed by atoms with E-state index in [2.05, 4.69) is 4.98 Å². The number of aliphatic hydroxyl groups excluding tert-OH is 3. The first-order valence-electron chi connectivity index (χ1n) is 5.22. The van der Waals surface area contributed by atoms with E-state index in [0.29, 0.717) is 0 Å². The summed E-state index contributed by atoms with van der Waals surface area (Å²) < 4.78 is 6.38. The van der Waals surface area contributed by atoms with E-state index < -0.39 is 37.1 Å². The molecular weight excluding hydrogens is 244 g/mol. The van der Waals surface area contributed by atoms with Crippen LogP contribution >= 0.6 is 0 Å². The molecule has 2 heterocycles. The van der Waals surface area contributed by atoms with Gasteiger partial charge in [-0.15, -0.1) is 0 Å². The maximum atomic E-state index is 11.2. The van der Waals surface area contributed by atoms with Gasteiger partial charge >= 0.3 is 0 Å². The summed E-state index contributed by atoms with van der Waals surface area (Å²) in [6.07, 6.45) is -3.45. The van der Waals surface area contributed by atoms with Gasteiger partial charge < -0.3 is 31.5 Å². The number of nitrogen functional groups attached to an aromatic ring is 1. The van der Waals surface area contributed by atoms with Crippen molar-refractivity contribution in [2.24, 2.45) is 5.73 Å². The topological polar surface area (TPSA) is 157 Å². The molecule has 1 aliphatic rings. The highest BCUT2D eigenvalue weighted by molar-refractivity contribution is 5.95. The summed E-state index contributed by atoms with van der Waals surface area (Å²) in [4.78, 5) is 14.9. The summed E-state index contributed by atoms with van der Waals surface area (Å²) in [6, 6.07) is 0. The van der Waals surface area contributed by atoms with Gasteiger partial charge in [-0.3, -0.25) is 9.36 Å². The smallest absolute Gasteiger partial charge is 0.269 e. The summed E-state index contributed by atoms with van der Waals surface area (Å²) in [5, 5.41) is 28.4. The molecule has 0 bridgehead atoms. The standard InChI is InChI=1S/C9H14N4O5/c10-7-4(8(11)17)13(2-12-7)9-6(16)5(15)3(1-14)18-9/h2-3,5-6,9,14-16H,1,10H2,(H2,11,17). The Morgan fingerprint density at radius 3 is 2.67 bits per heavy atom. The van der Waals surface area contributed by atoms with Gasteiger partial charge in [0.25, 0.3) is 5.91 Å². The van der Waals surface area contributed by atoms with Gasteiger partial charge in [-0.1, -0.05) is 0 Å². The Bertz CT molecular complexity index is 462. The minimum absolute atomic E-state index is 0.0970. The summed E-state index contributed by atoms with van der Waals surface area (Å²) in [7, 11) is 0. The van der Waals surface area contributed by atoms with Crippen molar-refractivity contribution in [2.45, 2.75) is 24.5 Å². The van der Waals surface area contributed by atoms with E-state index in [-0.39, 0.29) is 11.5 Å². The lowest BCUT2D eigenvalue weighted by atomic mass is 10.1. The zero-order valence-corrected chi connectivity index (χ0v) is 9.30. The number of anilines is 1. The molecule has 0 aromatic carbocycles. The van der Waals surface area contributed by atoms with E-state index in [4.69, 9.17) is 21.3 Å². The Morgan fingerprint density at radius 1 is 1.50 bits per heavy atom. The van der Waals surface area contributed by atoms with Crippen molar-refractivity contribution in [3.63, 3.8) is 0 Å². The number of hydrogen-bond acceptors (Lipinski definition) is 7. The van der Waals surface area contributed by atoms with Crippen LogP contribution in [-0.4, -0.2) is 55.7 Å². The highest BCUT2D eigenvalue weighted by Crippen LogP contribution is 2.31. The van der Waals surface area contributed by atoms with Gasteiger partial charge in [0.1, 0.15) is 18.3 Å².